The van der Waals surface area contributed by atoms with Crippen molar-refractivity contribution in [1.29, 1.82) is 0 Å². The van der Waals surface area contributed by atoms with Gasteiger partial charge < -0.3 is 20.4 Å². The molecule has 0 aliphatic rings. The summed E-state index contributed by atoms with van der Waals surface area (Å²) in [6.07, 6.45) is -1.70. The van der Waals surface area contributed by atoms with E-state index in [2.05, 4.69) is 0 Å². The van der Waals surface area contributed by atoms with Crippen LogP contribution in [-0.2, 0) is 19.2 Å². The zero-order valence-corrected chi connectivity index (χ0v) is 8.49. The van der Waals surface area contributed by atoms with Gasteiger partial charge in [-0.25, -0.2) is 0 Å². The van der Waals surface area contributed by atoms with Crippen molar-refractivity contribution in [3.63, 3.8) is 0 Å². The minimum absolute atomic E-state index is 0. The molecule has 0 rings (SSSR count). The van der Waals surface area contributed by atoms with Gasteiger partial charge in [0.15, 0.2) is 0 Å². The topological polar surface area (TPSA) is 161 Å². The molecule has 2 unspecified atom stereocenters. The van der Waals surface area contributed by atoms with E-state index < -0.39 is 48.8 Å². The summed E-state index contributed by atoms with van der Waals surface area (Å²) >= 11 is 0. The number of carbonyl (C=O) groups is 4. The van der Waals surface area contributed by atoms with Crippen LogP contribution in [0.1, 0.15) is 12.8 Å². The summed E-state index contributed by atoms with van der Waals surface area (Å²) in [6.45, 7) is 0. The number of nitrogens with one attached hydrogen (secondary N) is 1. The van der Waals surface area contributed by atoms with Crippen molar-refractivity contribution in [2.75, 3.05) is 0 Å². The molecule has 0 heterocycles. The third-order valence-corrected chi connectivity index (χ3v) is 1.76. The maximum atomic E-state index is 10.6. The number of hydrogen-bond donors (Lipinski definition) is 5. The monoisotopic (exact) mass is 333 g/mol. The van der Waals surface area contributed by atoms with E-state index in [1.165, 1.54) is 0 Å². The van der Waals surface area contributed by atoms with E-state index in [1.807, 2.05) is 5.32 Å². The molecule has 0 aliphatic carbocycles. The van der Waals surface area contributed by atoms with Crippen LogP contribution in [0.25, 0.3) is 0 Å². The Hall–Kier alpha value is 0.359. The van der Waals surface area contributed by atoms with Crippen molar-refractivity contribution in [1.82, 2.24) is 5.32 Å². The second kappa shape index (κ2) is 12.1. The van der Waals surface area contributed by atoms with Crippen molar-refractivity contribution in [2.45, 2.75) is 24.9 Å². The Bertz CT molecular complexity index is 316. The predicted molar refractivity (Wildman–Crippen MR) is 67.6 cm³/mol. The molecule has 0 aromatic carbocycles. The Labute approximate surface area is 167 Å². The normalized spacial score (nSPS) is 12.2. The van der Waals surface area contributed by atoms with Gasteiger partial charge in [-0.05, 0) is 0 Å². The van der Waals surface area contributed by atoms with Gasteiger partial charge in [-0.3, -0.25) is 24.5 Å². The van der Waals surface area contributed by atoms with Gasteiger partial charge in [-0.2, -0.15) is 0 Å². The first-order valence-electron chi connectivity index (χ1n) is 4.39. The molecule has 0 bridgehead atoms. The zero-order chi connectivity index (χ0) is 13.6. The molecule has 2 atom stereocenters. The van der Waals surface area contributed by atoms with Crippen LogP contribution in [0.5, 0.6) is 0 Å². The fourth-order valence-electron chi connectivity index (χ4n) is 1.03. The molecule has 5 N–H and O–H groups in total. The first-order valence-corrected chi connectivity index (χ1v) is 4.39. The van der Waals surface area contributed by atoms with Gasteiger partial charge in [0.05, 0.1) is 12.8 Å². The molecule has 0 fully saturated rings. The number of aliphatic carboxylic acids is 4. The van der Waals surface area contributed by atoms with Gasteiger partial charge in [0.25, 0.3) is 0 Å². The Morgan fingerprint density at radius 1 is 0.737 bits per heavy atom. The van der Waals surface area contributed by atoms with Gasteiger partial charge >= 0.3 is 99.4 Å². The molecule has 0 radical (unpaired) electrons. The maximum absolute atomic E-state index is 10.6. The van der Waals surface area contributed by atoms with E-state index in [0.29, 0.717) is 0 Å². The van der Waals surface area contributed by atoms with E-state index in [4.69, 9.17) is 20.4 Å². The van der Waals surface area contributed by atoms with Gasteiger partial charge in [-0.1, -0.05) is 0 Å². The number of rotatable bonds is 8. The Morgan fingerprint density at radius 2 is 1.00 bits per heavy atom. The molecule has 0 aromatic rings. The standard InChI is InChI=1S/C8H11NO8.2Ca.4H/c10-5(11)1-3(7(14)15)9-4(8(16)17)2-6(12)13;;;;;;/h3-4,9H,1-2H2,(H,10,11)(H,12,13)(H,14,15)(H,16,17);;;;;;. The molecular weight excluding hydrogens is 318 g/mol. The van der Waals surface area contributed by atoms with E-state index in [1.54, 1.807) is 0 Å². The number of hydrogen-bond acceptors (Lipinski definition) is 5. The number of carboxylic acids is 4. The molecule has 9 nitrogen and oxygen atoms in total. The van der Waals surface area contributed by atoms with Crippen molar-refractivity contribution >= 4 is 99.4 Å². The van der Waals surface area contributed by atoms with Gasteiger partial charge in [0.1, 0.15) is 12.1 Å². The molecule has 0 saturated heterocycles. The molecule has 0 spiro atoms. The Morgan fingerprint density at radius 3 is 1.16 bits per heavy atom. The van der Waals surface area contributed by atoms with Crippen LogP contribution in [0, 0.1) is 0 Å². The molecule has 104 valence electrons. The summed E-state index contributed by atoms with van der Waals surface area (Å²) in [6, 6.07) is -3.32. The van der Waals surface area contributed by atoms with Crippen LogP contribution >= 0.6 is 0 Å². The fraction of sp³-hybridized carbons (Fsp3) is 0.500. The van der Waals surface area contributed by atoms with Crippen LogP contribution in [-0.4, -0.2) is 132 Å². The summed E-state index contributed by atoms with van der Waals surface area (Å²) in [4.78, 5) is 41.9. The molecule has 19 heavy (non-hydrogen) atoms. The molecule has 0 aromatic heterocycles. The second-order valence-corrected chi connectivity index (χ2v) is 3.14. The fourth-order valence-corrected chi connectivity index (χ4v) is 1.03. The molecule has 11 heteroatoms. The van der Waals surface area contributed by atoms with Crippen LogP contribution in [0.3, 0.4) is 0 Å². The van der Waals surface area contributed by atoms with Crippen molar-refractivity contribution in [3.8, 4) is 0 Å². The molecule has 0 saturated carbocycles. The SMILES string of the molecule is O=C(O)CC(NC(CC(=O)O)C(=O)O)C(=O)O.[CaH2].[CaH2]. The van der Waals surface area contributed by atoms with Crippen LogP contribution in [0.2, 0.25) is 0 Å². The zero-order valence-electron chi connectivity index (χ0n) is 8.49. The van der Waals surface area contributed by atoms with E-state index in [9.17, 15) is 19.2 Å². The van der Waals surface area contributed by atoms with Gasteiger partial charge in [0.2, 0.25) is 0 Å². The molecule has 0 aliphatic heterocycles. The quantitative estimate of drug-likeness (QED) is 0.285. The Kier molecular flexibility index (Phi) is 15.6. The molecular formula is C8H15Ca2NO8. The Balaban J connectivity index is -0.00000128. The van der Waals surface area contributed by atoms with E-state index >= 15 is 0 Å². The summed E-state index contributed by atoms with van der Waals surface area (Å²) in [5.41, 5.74) is 0. The summed E-state index contributed by atoms with van der Waals surface area (Å²) < 4.78 is 0. The van der Waals surface area contributed by atoms with Crippen LogP contribution in [0.4, 0.5) is 0 Å². The average molecular weight is 333 g/mol. The van der Waals surface area contributed by atoms with Gasteiger partial charge in [0, 0.05) is 0 Å². The average Bonchev–Trinajstić information content (AvgIpc) is 2.13. The summed E-state index contributed by atoms with van der Waals surface area (Å²) in [5, 5.41) is 36.0. The number of carboxylic acid groups (broad SMARTS) is 4. The third kappa shape index (κ3) is 11.9. The summed E-state index contributed by atoms with van der Waals surface area (Å²) in [5.74, 6) is -6.01. The molecule has 0 amide bonds. The van der Waals surface area contributed by atoms with Crippen LogP contribution < -0.4 is 5.32 Å². The van der Waals surface area contributed by atoms with Crippen molar-refractivity contribution in [3.05, 3.63) is 0 Å². The first-order chi connectivity index (χ1) is 7.73. The minimum atomic E-state index is -1.66. The van der Waals surface area contributed by atoms with E-state index in [-0.39, 0.29) is 75.5 Å². The van der Waals surface area contributed by atoms with Crippen LogP contribution in [0.15, 0.2) is 0 Å². The van der Waals surface area contributed by atoms with Crippen molar-refractivity contribution in [2.24, 2.45) is 0 Å². The first kappa shape index (κ1) is 24.4. The van der Waals surface area contributed by atoms with Crippen molar-refractivity contribution < 1.29 is 39.6 Å². The summed E-state index contributed by atoms with van der Waals surface area (Å²) in [7, 11) is 0. The predicted octanol–water partition coefficient (Wildman–Crippen LogP) is -3.40. The van der Waals surface area contributed by atoms with E-state index in [0.717, 1.165) is 0 Å². The third-order valence-electron chi connectivity index (χ3n) is 1.76. The second-order valence-electron chi connectivity index (χ2n) is 3.14. The van der Waals surface area contributed by atoms with Gasteiger partial charge in [-0.15, -0.1) is 0 Å².